The summed E-state index contributed by atoms with van der Waals surface area (Å²) in [6, 6.07) is 7.39. The van der Waals surface area contributed by atoms with Crippen LogP contribution in [0.15, 0.2) is 30.5 Å². The van der Waals surface area contributed by atoms with Crippen molar-refractivity contribution in [1.29, 1.82) is 0 Å². The quantitative estimate of drug-likeness (QED) is 0.682. The summed E-state index contributed by atoms with van der Waals surface area (Å²) in [5.74, 6) is -0.0920. The van der Waals surface area contributed by atoms with Crippen molar-refractivity contribution in [1.82, 2.24) is 9.55 Å². The van der Waals surface area contributed by atoms with E-state index in [-0.39, 0.29) is 18.3 Å². The molecule has 1 aromatic carbocycles. The van der Waals surface area contributed by atoms with Crippen LogP contribution in [0.25, 0.3) is 0 Å². The zero-order valence-electron chi connectivity index (χ0n) is 11.2. The van der Waals surface area contributed by atoms with Crippen LogP contribution < -0.4 is 5.32 Å². The van der Waals surface area contributed by atoms with Gasteiger partial charge in [0.25, 0.3) is 0 Å². The highest BCUT2D eigenvalue weighted by Gasteiger charge is 2.16. The van der Waals surface area contributed by atoms with Crippen molar-refractivity contribution in [2.45, 2.75) is 20.4 Å². The third kappa shape index (κ3) is 3.19. The number of imidazole rings is 1. The van der Waals surface area contributed by atoms with Crippen LogP contribution in [-0.2, 0) is 11.3 Å². The number of hydrogen-bond acceptors (Lipinski definition) is 4. The van der Waals surface area contributed by atoms with E-state index in [1.165, 1.54) is 10.8 Å². The first-order valence-corrected chi connectivity index (χ1v) is 6.00. The highest BCUT2D eigenvalue weighted by atomic mass is 16.6. The van der Waals surface area contributed by atoms with Gasteiger partial charge >= 0.3 is 5.82 Å². The Morgan fingerprint density at radius 3 is 2.55 bits per heavy atom. The van der Waals surface area contributed by atoms with Gasteiger partial charge in [0.1, 0.15) is 12.7 Å². The van der Waals surface area contributed by atoms with Crippen LogP contribution in [-0.4, -0.2) is 20.4 Å². The minimum Gasteiger partial charge on any atom is -0.358 e. The Bertz CT molecular complexity index is 646. The number of carbonyl (C=O) groups excluding carboxylic acids is 1. The molecular formula is C13H14N4O3. The average molecular weight is 274 g/mol. The van der Waals surface area contributed by atoms with Gasteiger partial charge in [-0.05, 0) is 29.0 Å². The van der Waals surface area contributed by atoms with E-state index in [9.17, 15) is 14.9 Å². The number of nitrogens with zero attached hydrogens (tertiary/aromatic N) is 3. The van der Waals surface area contributed by atoms with E-state index in [2.05, 4.69) is 10.3 Å². The van der Waals surface area contributed by atoms with Gasteiger partial charge in [0.05, 0.1) is 0 Å². The number of nitrogens with one attached hydrogen (secondary N) is 1. The summed E-state index contributed by atoms with van der Waals surface area (Å²) in [7, 11) is 0. The minimum atomic E-state index is -0.582. The Morgan fingerprint density at radius 2 is 2.00 bits per heavy atom. The lowest BCUT2D eigenvalue weighted by Gasteiger charge is -2.06. The Kier molecular flexibility index (Phi) is 3.79. The SMILES string of the molecule is Cc1ccc(NC(=O)Cn2cc([N+](=O)[O-])nc2C)cc1. The van der Waals surface area contributed by atoms with E-state index < -0.39 is 4.92 Å². The third-order valence-electron chi connectivity index (χ3n) is 2.80. The number of benzene rings is 1. The fourth-order valence-electron chi connectivity index (χ4n) is 1.73. The summed E-state index contributed by atoms with van der Waals surface area (Å²) in [5.41, 5.74) is 1.79. The van der Waals surface area contributed by atoms with E-state index >= 15 is 0 Å². The van der Waals surface area contributed by atoms with E-state index in [4.69, 9.17) is 0 Å². The van der Waals surface area contributed by atoms with Crippen molar-refractivity contribution in [3.05, 3.63) is 52.0 Å². The molecule has 1 N–H and O–H groups in total. The molecule has 7 heteroatoms. The number of carbonyl (C=O) groups is 1. The summed E-state index contributed by atoms with van der Waals surface area (Å²) in [6.07, 6.45) is 1.25. The number of anilines is 1. The third-order valence-corrected chi connectivity index (χ3v) is 2.80. The second-order valence-corrected chi connectivity index (χ2v) is 4.45. The molecular weight excluding hydrogens is 260 g/mol. The molecule has 0 bridgehead atoms. The fraction of sp³-hybridized carbons (Fsp3) is 0.231. The lowest BCUT2D eigenvalue weighted by Crippen LogP contribution is -2.19. The molecule has 1 amide bonds. The molecule has 0 aliphatic heterocycles. The summed E-state index contributed by atoms with van der Waals surface area (Å²) >= 11 is 0. The molecule has 2 aromatic rings. The lowest BCUT2D eigenvalue weighted by molar-refractivity contribution is -0.389. The van der Waals surface area contributed by atoms with Gasteiger partial charge in [0, 0.05) is 12.6 Å². The Morgan fingerprint density at radius 1 is 1.35 bits per heavy atom. The van der Waals surface area contributed by atoms with Crippen molar-refractivity contribution in [2.24, 2.45) is 0 Å². The molecule has 7 nitrogen and oxygen atoms in total. The number of rotatable bonds is 4. The van der Waals surface area contributed by atoms with Gasteiger partial charge in [-0.2, -0.15) is 0 Å². The number of hydrogen-bond donors (Lipinski definition) is 1. The van der Waals surface area contributed by atoms with E-state index in [1.54, 1.807) is 19.1 Å². The van der Waals surface area contributed by atoms with Crippen LogP contribution in [0.2, 0.25) is 0 Å². The normalized spacial score (nSPS) is 10.3. The van der Waals surface area contributed by atoms with E-state index in [1.807, 2.05) is 19.1 Å². The van der Waals surface area contributed by atoms with E-state index in [0.29, 0.717) is 11.5 Å². The van der Waals surface area contributed by atoms with Crippen molar-refractivity contribution >= 4 is 17.4 Å². The zero-order chi connectivity index (χ0) is 14.7. The molecule has 1 aromatic heterocycles. The predicted octanol–water partition coefficient (Wildman–Crippen LogP) is 2.05. The summed E-state index contributed by atoms with van der Waals surface area (Å²) in [5, 5.41) is 13.3. The van der Waals surface area contributed by atoms with E-state index in [0.717, 1.165) is 5.56 Å². The van der Waals surface area contributed by atoms with Gasteiger partial charge in [-0.1, -0.05) is 17.7 Å². The second kappa shape index (κ2) is 5.52. The lowest BCUT2D eigenvalue weighted by atomic mass is 10.2. The molecule has 0 aliphatic rings. The van der Waals surface area contributed by atoms with Crippen LogP contribution in [0.3, 0.4) is 0 Å². The summed E-state index contributed by atoms with van der Waals surface area (Å²) < 4.78 is 1.45. The smallest absolute Gasteiger partial charge is 0.358 e. The number of nitro groups is 1. The maximum atomic E-state index is 11.9. The second-order valence-electron chi connectivity index (χ2n) is 4.45. The molecule has 0 radical (unpaired) electrons. The largest absolute Gasteiger partial charge is 0.381 e. The van der Waals surface area contributed by atoms with Crippen molar-refractivity contribution in [3.8, 4) is 0 Å². The van der Waals surface area contributed by atoms with Crippen LogP contribution in [0.5, 0.6) is 0 Å². The number of aromatic nitrogens is 2. The van der Waals surface area contributed by atoms with Gasteiger partial charge in [-0.15, -0.1) is 0 Å². The van der Waals surface area contributed by atoms with Gasteiger partial charge < -0.3 is 15.4 Å². The molecule has 0 atom stereocenters. The molecule has 104 valence electrons. The van der Waals surface area contributed by atoms with Crippen LogP contribution in [0.1, 0.15) is 11.4 Å². The van der Waals surface area contributed by atoms with Crippen LogP contribution in [0.4, 0.5) is 11.5 Å². The van der Waals surface area contributed by atoms with Crippen molar-refractivity contribution in [3.63, 3.8) is 0 Å². The maximum absolute atomic E-state index is 11.9. The van der Waals surface area contributed by atoms with Gasteiger partial charge in [-0.25, -0.2) is 0 Å². The highest BCUT2D eigenvalue weighted by molar-refractivity contribution is 5.90. The standard InChI is InChI=1S/C13H14N4O3/c1-9-3-5-11(6-4-9)15-13(18)8-16-7-12(17(19)20)14-10(16)2/h3-7H,8H2,1-2H3,(H,15,18). The highest BCUT2D eigenvalue weighted by Crippen LogP contribution is 2.12. The zero-order valence-corrected chi connectivity index (χ0v) is 11.2. The first-order chi connectivity index (χ1) is 9.45. The molecule has 0 spiro atoms. The van der Waals surface area contributed by atoms with Crippen LogP contribution in [0, 0.1) is 24.0 Å². The van der Waals surface area contributed by atoms with Crippen molar-refractivity contribution < 1.29 is 9.72 Å². The topological polar surface area (TPSA) is 90.1 Å². The molecule has 0 fully saturated rings. The first-order valence-electron chi connectivity index (χ1n) is 6.00. The number of amides is 1. The molecule has 0 saturated carbocycles. The monoisotopic (exact) mass is 274 g/mol. The summed E-state index contributed by atoms with van der Waals surface area (Å²) in [6.45, 7) is 3.56. The molecule has 0 unspecified atom stereocenters. The van der Waals surface area contributed by atoms with Gasteiger partial charge in [0.2, 0.25) is 11.7 Å². The predicted molar refractivity (Wildman–Crippen MR) is 73.4 cm³/mol. The first kappa shape index (κ1) is 13.7. The Hall–Kier alpha value is -2.70. The molecule has 20 heavy (non-hydrogen) atoms. The summed E-state index contributed by atoms with van der Waals surface area (Å²) in [4.78, 5) is 25.7. The van der Waals surface area contributed by atoms with Gasteiger partial charge in [-0.3, -0.25) is 9.36 Å². The Labute approximate surface area is 115 Å². The average Bonchev–Trinajstić information content (AvgIpc) is 2.74. The fourth-order valence-corrected chi connectivity index (χ4v) is 1.73. The molecule has 0 aliphatic carbocycles. The van der Waals surface area contributed by atoms with Crippen molar-refractivity contribution in [2.75, 3.05) is 5.32 Å². The molecule has 1 heterocycles. The maximum Gasteiger partial charge on any atom is 0.381 e. The minimum absolute atomic E-state index is 0.0133. The molecule has 2 rings (SSSR count). The number of aryl methyl sites for hydroxylation is 2. The van der Waals surface area contributed by atoms with Gasteiger partial charge in [0.15, 0.2) is 0 Å². The Balaban J connectivity index is 2.04. The van der Waals surface area contributed by atoms with Crippen LogP contribution >= 0.6 is 0 Å². The molecule has 0 saturated heterocycles.